The molecule has 0 saturated heterocycles. The molecule has 2 aliphatic heterocycles. The minimum atomic E-state index is -0.166. The molecule has 0 bridgehead atoms. The number of carbonyl (C=O) groups is 1. The third kappa shape index (κ3) is 2.45. The molecule has 1 aliphatic carbocycles. The van der Waals surface area contributed by atoms with Crippen molar-refractivity contribution >= 4 is 28.5 Å². The van der Waals surface area contributed by atoms with Crippen molar-refractivity contribution in [2.75, 3.05) is 0 Å². The number of aromatic nitrogens is 2. The number of allylic oxidation sites excluding steroid dienone is 1. The van der Waals surface area contributed by atoms with Gasteiger partial charge in [0.1, 0.15) is 11.8 Å². The molecule has 0 saturated carbocycles. The summed E-state index contributed by atoms with van der Waals surface area (Å²) in [5, 5.41) is 5.12. The van der Waals surface area contributed by atoms with E-state index in [4.69, 9.17) is 0 Å². The fraction of sp³-hybridized carbons (Fsp3) is 0.500. The number of nitrogens with zero attached hydrogens (tertiary/aromatic N) is 4. The molecule has 1 amide bonds. The zero-order chi connectivity index (χ0) is 15.1. The molecule has 2 atom stereocenters. The van der Waals surface area contributed by atoms with Crippen molar-refractivity contribution in [2.45, 2.75) is 39.2 Å². The normalized spacial score (nSPS) is 27.4. The summed E-state index contributed by atoms with van der Waals surface area (Å²) in [6.07, 6.45) is 7.59. The molecule has 0 N–H and O–H groups in total. The Kier molecular flexibility index (Phi) is 3.48. The van der Waals surface area contributed by atoms with Gasteiger partial charge in [0.2, 0.25) is 0 Å². The van der Waals surface area contributed by atoms with Crippen LogP contribution in [-0.4, -0.2) is 26.6 Å². The lowest BCUT2D eigenvalue weighted by Crippen LogP contribution is -2.26. The molecule has 3 aliphatic rings. The smallest absolute Gasteiger partial charge is 0.261 e. The second-order valence-corrected chi connectivity index (χ2v) is 7.28. The maximum absolute atomic E-state index is 12.4. The molecule has 0 spiro atoms. The van der Waals surface area contributed by atoms with Gasteiger partial charge in [-0.3, -0.25) is 9.48 Å². The molecular formula is C16H18N4OS. The summed E-state index contributed by atoms with van der Waals surface area (Å²) in [4.78, 5) is 22.7. The quantitative estimate of drug-likeness (QED) is 0.861. The average Bonchev–Trinajstić information content (AvgIpc) is 3.11. The first-order valence-corrected chi connectivity index (χ1v) is 8.59. The number of hydrogen-bond acceptors (Lipinski definition) is 4. The van der Waals surface area contributed by atoms with Gasteiger partial charge in [-0.1, -0.05) is 18.7 Å². The van der Waals surface area contributed by atoms with Gasteiger partial charge < -0.3 is 0 Å². The van der Waals surface area contributed by atoms with E-state index in [9.17, 15) is 4.79 Å². The number of aryl methyl sites for hydroxylation is 1. The highest BCUT2D eigenvalue weighted by Crippen LogP contribution is 2.48. The number of rotatable bonds is 3. The third-order valence-corrected chi connectivity index (χ3v) is 5.68. The molecule has 5 nitrogen and oxygen atoms in total. The number of carbonyl (C=O) groups excluding carboxylic acids is 1. The van der Waals surface area contributed by atoms with Crippen molar-refractivity contribution in [3.05, 3.63) is 28.9 Å². The largest absolute Gasteiger partial charge is 0.272 e. The van der Waals surface area contributed by atoms with Gasteiger partial charge in [-0.25, -0.2) is 4.99 Å². The molecule has 3 heterocycles. The number of hydrogen-bond donors (Lipinski definition) is 0. The Bertz CT molecular complexity index is 702. The highest BCUT2D eigenvalue weighted by atomic mass is 32.2. The van der Waals surface area contributed by atoms with Crippen molar-refractivity contribution in [3.8, 4) is 0 Å². The van der Waals surface area contributed by atoms with Gasteiger partial charge in [0.15, 0.2) is 0 Å². The van der Waals surface area contributed by atoms with Gasteiger partial charge in [0.05, 0.1) is 5.04 Å². The second-order valence-electron chi connectivity index (χ2n) is 6.17. The summed E-state index contributed by atoms with van der Waals surface area (Å²) in [5.74, 6) is 1.17. The van der Waals surface area contributed by atoms with Crippen LogP contribution in [0.4, 0.5) is 0 Å². The van der Waals surface area contributed by atoms with Crippen LogP contribution in [0.5, 0.6) is 0 Å². The van der Waals surface area contributed by atoms with Gasteiger partial charge in [-0.15, -0.1) is 0 Å². The van der Waals surface area contributed by atoms with E-state index in [2.05, 4.69) is 22.0 Å². The zero-order valence-electron chi connectivity index (χ0n) is 12.5. The molecular weight excluding hydrogens is 296 g/mol. The highest BCUT2D eigenvalue weighted by molar-refractivity contribution is 8.17. The van der Waals surface area contributed by atoms with Gasteiger partial charge in [-0.2, -0.15) is 10.1 Å². The standard InChI is InChI=1S/C16H18N4OS/c1-10-3-4-11-12(9-10)22-16-14(11)15(21)18-13(19-16)5-8-20-7-2-6-17-20/h2,6-7,10,14H,3-5,8-9H2,1H3. The van der Waals surface area contributed by atoms with Gasteiger partial charge in [0.25, 0.3) is 5.91 Å². The lowest BCUT2D eigenvalue weighted by atomic mass is 9.84. The molecule has 114 valence electrons. The molecule has 1 aromatic rings. The van der Waals surface area contributed by atoms with Gasteiger partial charge in [0, 0.05) is 25.4 Å². The van der Waals surface area contributed by atoms with Crippen LogP contribution >= 0.6 is 11.8 Å². The van der Waals surface area contributed by atoms with Crippen molar-refractivity contribution < 1.29 is 4.79 Å². The van der Waals surface area contributed by atoms with Crippen molar-refractivity contribution in [3.63, 3.8) is 0 Å². The molecule has 0 radical (unpaired) electrons. The summed E-state index contributed by atoms with van der Waals surface area (Å²) < 4.78 is 1.84. The SMILES string of the molecule is CC1CCC2=C(C1)SC1=NC(CCn3cccn3)=NC(=O)C12. The molecule has 0 aromatic carbocycles. The monoisotopic (exact) mass is 314 g/mol. The zero-order valence-corrected chi connectivity index (χ0v) is 13.3. The maximum atomic E-state index is 12.4. The van der Waals surface area contributed by atoms with Crippen LogP contribution < -0.4 is 0 Å². The average molecular weight is 314 g/mol. The predicted octanol–water partition coefficient (Wildman–Crippen LogP) is 3.05. The fourth-order valence-electron chi connectivity index (χ4n) is 3.28. The first-order valence-electron chi connectivity index (χ1n) is 7.78. The van der Waals surface area contributed by atoms with Crippen molar-refractivity contribution in [1.29, 1.82) is 0 Å². The van der Waals surface area contributed by atoms with E-state index in [1.807, 2.05) is 16.9 Å². The lowest BCUT2D eigenvalue weighted by molar-refractivity contribution is -0.118. The topological polar surface area (TPSA) is 59.6 Å². The number of amidine groups is 1. The van der Waals surface area contributed by atoms with Crippen LogP contribution in [0.3, 0.4) is 0 Å². The first-order chi connectivity index (χ1) is 10.7. The number of thioether (sulfide) groups is 1. The summed E-state index contributed by atoms with van der Waals surface area (Å²) >= 11 is 1.72. The van der Waals surface area contributed by atoms with Crippen LogP contribution in [0.1, 0.15) is 32.6 Å². The minimum Gasteiger partial charge on any atom is -0.272 e. The summed E-state index contributed by atoms with van der Waals surface area (Å²) in [6, 6.07) is 1.89. The predicted molar refractivity (Wildman–Crippen MR) is 87.8 cm³/mol. The molecule has 4 rings (SSSR count). The highest BCUT2D eigenvalue weighted by Gasteiger charge is 2.41. The lowest BCUT2D eigenvalue weighted by Gasteiger charge is -2.21. The van der Waals surface area contributed by atoms with Crippen LogP contribution in [0.15, 0.2) is 38.9 Å². The number of amides is 1. The number of aliphatic imine (C=N–C) groups is 2. The fourth-order valence-corrected chi connectivity index (χ4v) is 4.77. The Morgan fingerprint density at radius 3 is 3.14 bits per heavy atom. The molecule has 0 fully saturated rings. The van der Waals surface area contributed by atoms with E-state index in [1.165, 1.54) is 16.9 Å². The van der Waals surface area contributed by atoms with Crippen LogP contribution in [0.2, 0.25) is 0 Å². The Morgan fingerprint density at radius 2 is 2.32 bits per heavy atom. The van der Waals surface area contributed by atoms with Crippen molar-refractivity contribution in [1.82, 2.24) is 9.78 Å². The van der Waals surface area contributed by atoms with E-state index >= 15 is 0 Å². The van der Waals surface area contributed by atoms with E-state index in [0.29, 0.717) is 24.7 Å². The molecule has 6 heteroatoms. The Morgan fingerprint density at radius 1 is 1.41 bits per heavy atom. The number of fused-ring (bicyclic) bond motifs is 2. The molecule has 1 aromatic heterocycles. The first kappa shape index (κ1) is 13.9. The van der Waals surface area contributed by atoms with Crippen LogP contribution in [-0.2, 0) is 11.3 Å². The molecule has 22 heavy (non-hydrogen) atoms. The van der Waals surface area contributed by atoms with Gasteiger partial charge >= 0.3 is 0 Å². The van der Waals surface area contributed by atoms with E-state index < -0.39 is 0 Å². The van der Waals surface area contributed by atoms with Crippen LogP contribution in [0, 0.1) is 11.8 Å². The summed E-state index contributed by atoms with van der Waals surface area (Å²) in [7, 11) is 0. The third-order valence-electron chi connectivity index (χ3n) is 4.47. The second kappa shape index (κ2) is 5.50. The van der Waals surface area contributed by atoms with Gasteiger partial charge in [-0.05, 0) is 41.7 Å². The van der Waals surface area contributed by atoms with Crippen LogP contribution in [0.25, 0.3) is 0 Å². The summed E-state index contributed by atoms with van der Waals surface area (Å²) in [5.41, 5.74) is 1.29. The van der Waals surface area contributed by atoms with E-state index in [1.54, 1.807) is 18.0 Å². The maximum Gasteiger partial charge on any atom is 0.261 e. The van der Waals surface area contributed by atoms with Crippen molar-refractivity contribution in [2.24, 2.45) is 21.8 Å². The summed E-state index contributed by atoms with van der Waals surface area (Å²) in [6.45, 7) is 2.98. The minimum absolute atomic E-state index is 0.0208. The van der Waals surface area contributed by atoms with E-state index in [0.717, 1.165) is 17.9 Å². The Balaban J connectivity index is 1.51. The van der Waals surface area contributed by atoms with E-state index in [-0.39, 0.29) is 11.8 Å². The molecule has 2 unspecified atom stereocenters. The Hall–Kier alpha value is -1.69. The Labute approximate surface area is 133 Å².